The minimum atomic E-state index is -0.895. The minimum Gasteiger partial charge on any atom is -0.495 e. The largest absolute Gasteiger partial charge is 0.495 e. The number of hydrogen-bond donors (Lipinski definition) is 2. The maximum Gasteiger partial charge on any atom is 0.168 e. The van der Waals surface area contributed by atoms with Gasteiger partial charge in [0.1, 0.15) is 22.8 Å². The van der Waals surface area contributed by atoms with Crippen molar-refractivity contribution in [2.45, 2.75) is 38.0 Å². The fraction of sp³-hybridized carbons (Fsp3) is 0.450. The van der Waals surface area contributed by atoms with Crippen LogP contribution >= 0.6 is 0 Å². The average Bonchev–Trinajstić information content (AvgIpc) is 3.51. The molecule has 0 unspecified atom stereocenters. The first-order valence-corrected chi connectivity index (χ1v) is 9.83. The average molecular weight is 402 g/mol. The number of piperidine rings is 1. The van der Waals surface area contributed by atoms with Gasteiger partial charge in [0.25, 0.3) is 0 Å². The number of nitrogens with zero attached hydrogens (tertiary/aromatic N) is 4. The Bertz CT molecular complexity index is 1000. The summed E-state index contributed by atoms with van der Waals surface area (Å²) in [4.78, 5) is 7.99. The van der Waals surface area contributed by atoms with Crippen molar-refractivity contribution in [3.63, 3.8) is 0 Å². The van der Waals surface area contributed by atoms with E-state index in [-0.39, 0.29) is 11.5 Å². The Labute approximate surface area is 167 Å². The predicted molar refractivity (Wildman–Crippen MR) is 106 cm³/mol. The number of methoxy groups -OCH3 is 1. The Kier molecular flexibility index (Phi) is 5.57. The molecule has 9 heteroatoms. The normalized spacial score (nSPS) is 16.4. The lowest BCUT2D eigenvalue weighted by atomic mass is 10.2. The molecule has 7 nitrogen and oxygen atoms in total. The lowest BCUT2D eigenvalue weighted by Crippen LogP contribution is -2.21. The quantitative estimate of drug-likeness (QED) is 0.699. The van der Waals surface area contributed by atoms with Crippen LogP contribution in [0.1, 0.15) is 43.7 Å². The zero-order chi connectivity index (χ0) is 20.4. The van der Waals surface area contributed by atoms with Crippen molar-refractivity contribution in [3.05, 3.63) is 35.7 Å². The first kappa shape index (κ1) is 19.5. The summed E-state index contributed by atoms with van der Waals surface area (Å²) >= 11 is 0. The minimum absolute atomic E-state index is 0.0872. The zero-order valence-electron chi connectivity index (χ0n) is 16.3. The lowest BCUT2D eigenvalue weighted by Gasteiger charge is -2.09. The van der Waals surface area contributed by atoms with Gasteiger partial charge in [0.05, 0.1) is 13.3 Å². The molecule has 3 aromatic heterocycles. The molecule has 4 heterocycles. The van der Waals surface area contributed by atoms with Crippen LogP contribution in [0.25, 0.3) is 17.0 Å². The van der Waals surface area contributed by atoms with Gasteiger partial charge in [0, 0.05) is 18.1 Å². The molecule has 154 valence electrons. The smallest absolute Gasteiger partial charge is 0.168 e. The van der Waals surface area contributed by atoms with Gasteiger partial charge in [-0.2, -0.15) is 5.10 Å². The van der Waals surface area contributed by atoms with Gasteiger partial charge in [0.15, 0.2) is 23.1 Å². The van der Waals surface area contributed by atoms with E-state index in [1.807, 2.05) is 0 Å². The second-order valence-electron chi connectivity index (χ2n) is 7.28. The molecule has 1 aliphatic heterocycles. The predicted octanol–water partition coefficient (Wildman–Crippen LogP) is 3.30. The van der Waals surface area contributed by atoms with Crippen LogP contribution in [0.3, 0.4) is 0 Å². The van der Waals surface area contributed by atoms with Gasteiger partial charge in [-0.15, -0.1) is 0 Å². The van der Waals surface area contributed by atoms with E-state index in [2.05, 4.69) is 20.4 Å². The molecule has 5 rings (SSSR count). The lowest BCUT2D eigenvalue weighted by molar-refractivity contribution is 0.405. The van der Waals surface area contributed by atoms with Crippen LogP contribution in [-0.4, -0.2) is 39.8 Å². The van der Waals surface area contributed by atoms with Crippen molar-refractivity contribution in [2.75, 3.05) is 25.9 Å². The number of imidazole rings is 1. The van der Waals surface area contributed by atoms with Crippen LogP contribution in [0.5, 0.6) is 5.75 Å². The van der Waals surface area contributed by atoms with Crippen LogP contribution < -0.4 is 15.8 Å². The number of nitrogens with one attached hydrogen (secondary N) is 1. The van der Waals surface area contributed by atoms with E-state index in [9.17, 15) is 8.78 Å². The number of ether oxygens (including phenoxy) is 1. The van der Waals surface area contributed by atoms with E-state index in [1.54, 1.807) is 13.2 Å². The number of nitrogen functional groups attached to an aromatic ring is 1. The number of pyridine rings is 1. The zero-order valence-corrected chi connectivity index (χ0v) is 16.3. The fourth-order valence-corrected chi connectivity index (χ4v) is 3.34. The molecular weight excluding hydrogens is 378 g/mol. The van der Waals surface area contributed by atoms with Gasteiger partial charge in [-0.25, -0.2) is 23.3 Å². The summed E-state index contributed by atoms with van der Waals surface area (Å²) in [7, 11) is 1.57. The van der Waals surface area contributed by atoms with Crippen molar-refractivity contribution in [3.8, 4) is 17.1 Å². The third-order valence-electron chi connectivity index (χ3n) is 5.07. The molecule has 0 amide bonds. The molecule has 29 heavy (non-hydrogen) atoms. The van der Waals surface area contributed by atoms with Crippen molar-refractivity contribution >= 4 is 11.5 Å². The molecule has 2 aliphatic rings. The summed E-state index contributed by atoms with van der Waals surface area (Å²) in [6, 6.07) is 2.46. The van der Waals surface area contributed by atoms with Gasteiger partial charge >= 0.3 is 0 Å². The van der Waals surface area contributed by atoms with E-state index in [4.69, 9.17) is 10.5 Å². The highest BCUT2D eigenvalue weighted by molar-refractivity contribution is 5.63. The summed E-state index contributed by atoms with van der Waals surface area (Å²) in [6.45, 7) is 2.50. The van der Waals surface area contributed by atoms with Gasteiger partial charge in [-0.05, 0) is 38.8 Å². The highest BCUT2D eigenvalue weighted by Gasteiger charge is 2.30. The highest BCUT2D eigenvalue weighted by Crippen LogP contribution is 2.43. The first-order valence-electron chi connectivity index (χ1n) is 9.83. The molecule has 0 aromatic carbocycles. The van der Waals surface area contributed by atoms with Crippen LogP contribution in [0.2, 0.25) is 0 Å². The van der Waals surface area contributed by atoms with E-state index >= 15 is 0 Å². The maximum atomic E-state index is 14.1. The maximum absolute atomic E-state index is 14.1. The first-order chi connectivity index (χ1) is 14.1. The molecule has 2 fully saturated rings. The monoisotopic (exact) mass is 402 g/mol. The summed E-state index contributed by atoms with van der Waals surface area (Å²) in [5.41, 5.74) is 6.97. The summed E-state index contributed by atoms with van der Waals surface area (Å²) in [6.07, 6.45) is 7.72. The van der Waals surface area contributed by atoms with Crippen molar-refractivity contribution < 1.29 is 13.5 Å². The number of aromatic nitrogens is 4. The molecule has 3 aromatic rings. The number of halogens is 2. The van der Waals surface area contributed by atoms with E-state index in [0.717, 1.165) is 18.5 Å². The third kappa shape index (κ3) is 4.14. The van der Waals surface area contributed by atoms with Crippen LogP contribution in [0.15, 0.2) is 18.3 Å². The van der Waals surface area contributed by atoms with E-state index in [0.29, 0.717) is 29.1 Å². The van der Waals surface area contributed by atoms with E-state index in [1.165, 1.54) is 43.1 Å². The molecule has 1 saturated heterocycles. The number of anilines is 1. The summed E-state index contributed by atoms with van der Waals surface area (Å²) < 4.78 is 34.2. The number of nitrogens with two attached hydrogens (primary N) is 1. The summed E-state index contributed by atoms with van der Waals surface area (Å²) in [5, 5.41) is 7.81. The van der Waals surface area contributed by atoms with Crippen LogP contribution in [0.4, 0.5) is 14.6 Å². The number of hydrogen-bond acceptors (Lipinski definition) is 6. The van der Waals surface area contributed by atoms with E-state index < -0.39 is 11.6 Å². The van der Waals surface area contributed by atoms with Gasteiger partial charge in [-0.3, -0.25) is 0 Å². The standard InChI is InChI=1S/C15H13F2N5O.C5H11N/c1-23-11-5-12-19-6-10(22(12)21-13(11)7-2-3-7)14-8(16)4-9(17)15(18)20-14;1-2-4-6-5-3-1/h4-7H,2-3H2,1H3,(H2,18,20);6H,1-5H2. The number of rotatable bonds is 3. The molecule has 0 bridgehead atoms. The highest BCUT2D eigenvalue weighted by atomic mass is 19.1. The SMILES string of the molecule is C1CCNCC1.COc1cc2ncc(-c3nc(N)c(F)cc3F)n2nc1C1CC1. The second-order valence-corrected chi connectivity index (χ2v) is 7.28. The molecule has 3 N–H and O–H groups in total. The molecule has 1 aliphatic carbocycles. The topological polar surface area (TPSA) is 90.4 Å². The van der Waals surface area contributed by atoms with Crippen LogP contribution in [0, 0.1) is 11.6 Å². The molecule has 1 saturated carbocycles. The third-order valence-corrected chi connectivity index (χ3v) is 5.07. The van der Waals surface area contributed by atoms with Crippen molar-refractivity contribution in [1.29, 1.82) is 0 Å². The molecular formula is C20H24F2N6O. The number of fused-ring (bicyclic) bond motifs is 1. The summed E-state index contributed by atoms with van der Waals surface area (Å²) in [5.74, 6) is -1.09. The fourth-order valence-electron chi connectivity index (χ4n) is 3.34. The Morgan fingerprint density at radius 3 is 2.48 bits per heavy atom. The Morgan fingerprint density at radius 2 is 1.90 bits per heavy atom. The van der Waals surface area contributed by atoms with Crippen molar-refractivity contribution in [1.82, 2.24) is 24.9 Å². The molecule has 0 radical (unpaired) electrons. The molecule has 0 atom stereocenters. The Balaban J connectivity index is 0.000000294. The second kappa shape index (κ2) is 8.28. The Hall–Kier alpha value is -2.81. The van der Waals surface area contributed by atoms with Gasteiger partial charge in [0.2, 0.25) is 0 Å². The van der Waals surface area contributed by atoms with Crippen molar-refractivity contribution in [2.24, 2.45) is 0 Å². The molecule has 0 spiro atoms. The van der Waals surface area contributed by atoms with Gasteiger partial charge < -0.3 is 15.8 Å². The Morgan fingerprint density at radius 1 is 1.14 bits per heavy atom. The van der Waals surface area contributed by atoms with Crippen LogP contribution in [-0.2, 0) is 0 Å². The van der Waals surface area contributed by atoms with Gasteiger partial charge in [-0.1, -0.05) is 6.42 Å².